The molecule has 2 aromatic rings. The molecule has 0 saturated heterocycles. The Kier molecular flexibility index (Phi) is 9.70. The van der Waals surface area contributed by atoms with E-state index in [1.165, 1.54) is 12.1 Å². The van der Waals surface area contributed by atoms with E-state index in [-0.39, 0.29) is 35.9 Å². The van der Waals surface area contributed by atoms with Crippen LogP contribution in [0.4, 0.5) is 4.39 Å². The maximum absolute atomic E-state index is 13.0. The topological polar surface area (TPSA) is 50.6 Å². The normalized spacial score (nSPS) is 12.5. The number of ether oxygens (including phenoxy) is 1. The molecule has 1 atom stereocenters. The number of benzene rings is 1. The average Bonchev–Trinajstić information content (AvgIpc) is 2.86. The molecule has 0 bridgehead atoms. The summed E-state index contributed by atoms with van der Waals surface area (Å²) in [5.41, 5.74) is 1.81. The van der Waals surface area contributed by atoms with E-state index in [9.17, 15) is 4.39 Å². The first-order chi connectivity index (χ1) is 12.0. The zero-order chi connectivity index (χ0) is 18.4. The summed E-state index contributed by atoms with van der Waals surface area (Å²) in [4.78, 5) is 4.18. The Balaban J connectivity index is 0.00000338. The van der Waals surface area contributed by atoms with Gasteiger partial charge < -0.3 is 19.9 Å². The Morgan fingerprint density at radius 3 is 2.42 bits per heavy atom. The van der Waals surface area contributed by atoms with Gasteiger partial charge in [0.05, 0.1) is 17.7 Å². The Hall–Kier alpha value is -1.03. The largest absolute Gasteiger partial charge is 0.375 e. The number of guanidine groups is 1. The highest BCUT2D eigenvalue weighted by molar-refractivity contribution is 14.0. The summed E-state index contributed by atoms with van der Waals surface area (Å²) < 4.78 is 20.3. The third-order valence-electron chi connectivity index (χ3n) is 3.86. The van der Waals surface area contributed by atoms with Crippen LogP contribution in [0.15, 0.2) is 35.3 Å². The molecule has 26 heavy (non-hydrogen) atoms. The number of hydrogen-bond acceptors (Lipinski definition) is 2. The summed E-state index contributed by atoms with van der Waals surface area (Å²) >= 11 is 12.1. The first-order valence-corrected chi connectivity index (χ1v) is 8.44. The lowest BCUT2D eigenvalue weighted by Crippen LogP contribution is -2.39. The predicted octanol–water partition coefficient (Wildman–Crippen LogP) is 4.14. The van der Waals surface area contributed by atoms with Crippen molar-refractivity contribution >= 4 is 53.1 Å². The molecule has 0 aliphatic rings. The van der Waals surface area contributed by atoms with Gasteiger partial charge >= 0.3 is 0 Å². The molecule has 0 spiro atoms. The summed E-state index contributed by atoms with van der Waals surface area (Å²) in [6.45, 7) is 0.993. The van der Waals surface area contributed by atoms with Crippen molar-refractivity contribution in [2.45, 2.75) is 12.6 Å². The fourth-order valence-electron chi connectivity index (χ4n) is 2.36. The van der Waals surface area contributed by atoms with Crippen molar-refractivity contribution in [2.24, 2.45) is 12.0 Å². The number of hydrogen-bond donors (Lipinski definition) is 2. The lowest BCUT2D eigenvalue weighted by Gasteiger charge is -2.19. The van der Waals surface area contributed by atoms with Crippen LogP contribution in [-0.2, 0) is 18.3 Å². The lowest BCUT2D eigenvalue weighted by molar-refractivity contribution is 0.106. The Labute approximate surface area is 179 Å². The number of aliphatic imine (C=N–C) groups is 1. The maximum atomic E-state index is 13.0. The van der Waals surface area contributed by atoms with Gasteiger partial charge in [0, 0.05) is 33.4 Å². The molecule has 0 fully saturated rings. The van der Waals surface area contributed by atoms with E-state index in [2.05, 4.69) is 15.6 Å². The summed E-state index contributed by atoms with van der Waals surface area (Å²) in [6.07, 6.45) is -0.224. The van der Waals surface area contributed by atoms with Gasteiger partial charge in [-0.3, -0.25) is 4.99 Å². The zero-order valence-electron chi connectivity index (χ0n) is 14.7. The van der Waals surface area contributed by atoms with E-state index in [0.717, 1.165) is 11.3 Å². The first kappa shape index (κ1) is 23.0. The second-order valence-electron chi connectivity index (χ2n) is 5.42. The molecular formula is C17H22Cl2FIN4O. The van der Waals surface area contributed by atoms with Crippen LogP contribution >= 0.6 is 47.2 Å². The van der Waals surface area contributed by atoms with Crippen LogP contribution in [-0.4, -0.2) is 31.2 Å². The van der Waals surface area contributed by atoms with Gasteiger partial charge in [0.15, 0.2) is 5.96 Å². The second-order valence-corrected chi connectivity index (χ2v) is 6.18. The number of nitrogens with zero attached hydrogens (tertiary/aromatic N) is 2. The van der Waals surface area contributed by atoms with Gasteiger partial charge in [-0.05, 0) is 23.8 Å². The van der Waals surface area contributed by atoms with Crippen LogP contribution in [0.2, 0.25) is 10.2 Å². The highest BCUT2D eigenvalue weighted by Crippen LogP contribution is 2.24. The highest BCUT2D eigenvalue weighted by Gasteiger charge is 2.12. The molecule has 1 heterocycles. The van der Waals surface area contributed by atoms with E-state index >= 15 is 0 Å². The molecule has 144 valence electrons. The highest BCUT2D eigenvalue weighted by atomic mass is 127. The van der Waals surface area contributed by atoms with E-state index in [1.54, 1.807) is 36.9 Å². The van der Waals surface area contributed by atoms with Crippen LogP contribution in [0.1, 0.15) is 17.4 Å². The molecule has 1 unspecified atom stereocenters. The number of halogens is 4. The molecule has 2 N–H and O–H groups in total. The van der Waals surface area contributed by atoms with Crippen LogP contribution in [0, 0.1) is 5.82 Å². The number of nitrogens with one attached hydrogen (secondary N) is 2. The molecule has 0 aliphatic carbocycles. The Morgan fingerprint density at radius 1 is 1.27 bits per heavy atom. The summed E-state index contributed by atoms with van der Waals surface area (Å²) in [5, 5.41) is 7.39. The second kappa shape index (κ2) is 11.0. The SMILES string of the molecule is CN=C(NCc1cc(Cl)c(Cl)n1C)NCC(OC)c1ccc(F)cc1.I. The number of methoxy groups -OCH3 is 1. The van der Waals surface area contributed by atoms with E-state index in [0.29, 0.717) is 29.2 Å². The fourth-order valence-corrected chi connectivity index (χ4v) is 2.77. The minimum Gasteiger partial charge on any atom is -0.375 e. The van der Waals surface area contributed by atoms with Gasteiger partial charge in [0.2, 0.25) is 0 Å². The van der Waals surface area contributed by atoms with Crippen molar-refractivity contribution in [3.63, 3.8) is 0 Å². The minimum absolute atomic E-state index is 0. The van der Waals surface area contributed by atoms with Gasteiger partial charge in [-0.15, -0.1) is 24.0 Å². The van der Waals surface area contributed by atoms with Crippen molar-refractivity contribution in [3.05, 3.63) is 57.6 Å². The standard InChI is InChI=1S/C17H21Cl2FN4O.HI/c1-21-17(22-9-13-8-14(18)16(19)24(13)2)23-10-15(25-3)11-4-6-12(20)7-5-11;/h4-8,15H,9-10H2,1-3H3,(H2,21,22,23);1H. The van der Waals surface area contributed by atoms with Crippen molar-refractivity contribution in [1.29, 1.82) is 0 Å². The van der Waals surface area contributed by atoms with Gasteiger partial charge in [0.25, 0.3) is 0 Å². The van der Waals surface area contributed by atoms with Gasteiger partial charge in [-0.25, -0.2) is 4.39 Å². The Bertz CT molecular complexity index is 737. The molecule has 1 aromatic carbocycles. The van der Waals surface area contributed by atoms with Crippen LogP contribution in [0.3, 0.4) is 0 Å². The van der Waals surface area contributed by atoms with Gasteiger partial charge in [-0.2, -0.15) is 0 Å². The minimum atomic E-state index is -0.274. The molecule has 5 nitrogen and oxygen atoms in total. The molecule has 1 aromatic heterocycles. The van der Waals surface area contributed by atoms with E-state index in [1.807, 2.05) is 7.05 Å². The molecule has 0 aliphatic heterocycles. The average molecular weight is 515 g/mol. The first-order valence-electron chi connectivity index (χ1n) is 7.68. The maximum Gasteiger partial charge on any atom is 0.191 e. The predicted molar refractivity (Wildman–Crippen MR) is 115 cm³/mol. The van der Waals surface area contributed by atoms with E-state index in [4.69, 9.17) is 27.9 Å². The number of rotatable bonds is 6. The molecule has 9 heteroatoms. The third-order valence-corrected chi connectivity index (χ3v) is 4.70. The van der Waals surface area contributed by atoms with Crippen molar-refractivity contribution in [1.82, 2.24) is 15.2 Å². The zero-order valence-corrected chi connectivity index (χ0v) is 18.6. The quantitative estimate of drug-likeness (QED) is 0.346. The van der Waals surface area contributed by atoms with Crippen molar-refractivity contribution < 1.29 is 9.13 Å². The van der Waals surface area contributed by atoms with Crippen molar-refractivity contribution in [2.75, 3.05) is 20.7 Å². The van der Waals surface area contributed by atoms with E-state index < -0.39 is 0 Å². The fraction of sp³-hybridized carbons (Fsp3) is 0.353. The van der Waals surface area contributed by atoms with Gasteiger partial charge in [-0.1, -0.05) is 35.3 Å². The Morgan fingerprint density at radius 2 is 1.92 bits per heavy atom. The molecular weight excluding hydrogens is 493 g/mol. The molecule has 0 amide bonds. The van der Waals surface area contributed by atoms with Gasteiger partial charge in [0.1, 0.15) is 11.0 Å². The number of aromatic nitrogens is 1. The third kappa shape index (κ3) is 6.00. The van der Waals surface area contributed by atoms with Crippen molar-refractivity contribution in [3.8, 4) is 0 Å². The lowest BCUT2D eigenvalue weighted by atomic mass is 10.1. The summed E-state index contributed by atoms with van der Waals surface area (Å²) in [7, 11) is 5.14. The molecule has 0 saturated carbocycles. The summed E-state index contributed by atoms with van der Waals surface area (Å²) in [5.74, 6) is 0.335. The van der Waals surface area contributed by atoms with Crippen LogP contribution < -0.4 is 10.6 Å². The monoisotopic (exact) mass is 514 g/mol. The molecule has 0 radical (unpaired) electrons. The van der Waals surface area contributed by atoms with Crippen LogP contribution in [0.25, 0.3) is 0 Å². The molecule has 2 rings (SSSR count). The van der Waals surface area contributed by atoms with Crippen LogP contribution in [0.5, 0.6) is 0 Å². The smallest absolute Gasteiger partial charge is 0.191 e. The summed E-state index contributed by atoms with van der Waals surface area (Å²) in [6, 6.07) is 8.04.